The molecule has 1 unspecified atom stereocenters. The Morgan fingerprint density at radius 2 is 1.97 bits per heavy atom. The van der Waals surface area contributed by atoms with E-state index in [0.29, 0.717) is 49.2 Å². The zero-order valence-electron chi connectivity index (χ0n) is 22.7. The Kier molecular flexibility index (Phi) is 9.00. The first-order chi connectivity index (χ1) is 18.1. The molecule has 2 N–H and O–H groups in total. The number of likely N-dealkylation sites (tertiary alicyclic amines) is 2. The summed E-state index contributed by atoms with van der Waals surface area (Å²) in [5.41, 5.74) is 5.01. The summed E-state index contributed by atoms with van der Waals surface area (Å²) in [5, 5.41) is 0. The minimum Gasteiger partial charge on any atom is -0.492 e. The lowest BCUT2D eigenvalue weighted by Crippen LogP contribution is -2.48. The summed E-state index contributed by atoms with van der Waals surface area (Å²) in [4.78, 5) is 21.5. The zero-order chi connectivity index (χ0) is 27.3. The topological polar surface area (TPSA) is 80.9 Å². The monoisotopic (exact) mass is 530 g/mol. The highest BCUT2D eigenvalue weighted by Crippen LogP contribution is 2.32. The molecule has 2 aliphatic rings. The lowest BCUT2D eigenvalue weighted by molar-refractivity contribution is 0.0230. The van der Waals surface area contributed by atoms with Crippen molar-refractivity contribution in [2.24, 2.45) is 11.7 Å². The predicted molar refractivity (Wildman–Crippen MR) is 143 cm³/mol. The van der Waals surface area contributed by atoms with Gasteiger partial charge in [0.2, 0.25) is 0 Å². The average Bonchev–Trinajstić information content (AvgIpc) is 3.27. The van der Waals surface area contributed by atoms with E-state index in [2.05, 4.69) is 9.88 Å². The summed E-state index contributed by atoms with van der Waals surface area (Å²) in [6.45, 7) is 8.95. The van der Waals surface area contributed by atoms with Gasteiger partial charge >= 0.3 is 0 Å². The first-order valence-electron chi connectivity index (χ1n) is 13.5. The van der Waals surface area contributed by atoms with Crippen molar-refractivity contribution in [3.05, 3.63) is 47.9 Å². The van der Waals surface area contributed by atoms with E-state index < -0.39 is 17.0 Å². The van der Waals surface area contributed by atoms with Crippen LogP contribution in [0.3, 0.4) is 0 Å². The van der Waals surface area contributed by atoms with Gasteiger partial charge in [-0.25, -0.2) is 8.78 Å². The van der Waals surface area contributed by atoms with Gasteiger partial charge in [0, 0.05) is 18.7 Å². The zero-order valence-corrected chi connectivity index (χ0v) is 22.7. The molecule has 2 aromatic rings. The fourth-order valence-electron chi connectivity index (χ4n) is 5.49. The van der Waals surface area contributed by atoms with Crippen LogP contribution < -0.4 is 10.5 Å². The molecular formula is C29H40F2N4O3. The molecule has 38 heavy (non-hydrogen) atoms. The molecule has 0 spiro atoms. The van der Waals surface area contributed by atoms with Crippen LogP contribution in [-0.4, -0.2) is 78.0 Å². The quantitative estimate of drug-likeness (QED) is 0.451. The van der Waals surface area contributed by atoms with Gasteiger partial charge in [0.15, 0.2) is 0 Å². The second-order valence-electron chi connectivity index (χ2n) is 11.4. The van der Waals surface area contributed by atoms with Crippen molar-refractivity contribution in [1.29, 1.82) is 0 Å². The number of hydrogen-bond acceptors (Lipinski definition) is 6. The lowest BCUT2D eigenvalue weighted by atomic mass is 9.97. The highest BCUT2D eigenvalue weighted by atomic mass is 19.1. The van der Waals surface area contributed by atoms with Crippen molar-refractivity contribution in [3.8, 4) is 17.0 Å². The number of benzene rings is 1. The van der Waals surface area contributed by atoms with E-state index in [4.69, 9.17) is 15.2 Å². The summed E-state index contributed by atoms with van der Waals surface area (Å²) in [6.07, 6.45) is 5.21. The molecular weight excluding hydrogens is 490 g/mol. The third-order valence-corrected chi connectivity index (χ3v) is 7.55. The number of hydrogen-bond donors (Lipinski definition) is 1. The number of nitrogens with zero attached hydrogens (tertiary/aromatic N) is 3. The van der Waals surface area contributed by atoms with E-state index in [9.17, 15) is 9.18 Å². The number of rotatable bonds is 10. The molecule has 0 radical (unpaired) electrons. The van der Waals surface area contributed by atoms with Gasteiger partial charge in [0.05, 0.1) is 42.9 Å². The van der Waals surface area contributed by atoms with Crippen LogP contribution in [0.4, 0.5) is 8.78 Å². The summed E-state index contributed by atoms with van der Waals surface area (Å²) in [6, 6.07) is 8.21. The van der Waals surface area contributed by atoms with E-state index in [-0.39, 0.29) is 18.2 Å². The normalized spacial score (nSPS) is 21.2. The maximum Gasteiger partial charge on any atom is 0.257 e. The molecule has 1 atom stereocenters. The third kappa shape index (κ3) is 7.07. The first-order valence-corrected chi connectivity index (χ1v) is 13.5. The number of aromatic nitrogens is 1. The summed E-state index contributed by atoms with van der Waals surface area (Å²) in [5.74, 6) is 0.158. The molecule has 1 aromatic heterocycles. The van der Waals surface area contributed by atoms with Crippen molar-refractivity contribution in [2.45, 2.75) is 57.7 Å². The van der Waals surface area contributed by atoms with Crippen molar-refractivity contribution < 1.29 is 23.0 Å². The van der Waals surface area contributed by atoms with Gasteiger partial charge in [-0.1, -0.05) is 6.07 Å². The predicted octanol–water partition coefficient (Wildman–Crippen LogP) is 4.65. The number of carbonyl (C=O) groups excluding carboxylic acids is 1. The van der Waals surface area contributed by atoms with Crippen molar-refractivity contribution in [2.75, 3.05) is 46.1 Å². The van der Waals surface area contributed by atoms with Gasteiger partial charge in [0.25, 0.3) is 5.91 Å². The van der Waals surface area contributed by atoms with Crippen LogP contribution in [0, 0.1) is 11.7 Å². The van der Waals surface area contributed by atoms with Crippen LogP contribution in [0.15, 0.2) is 36.5 Å². The Morgan fingerprint density at radius 1 is 1.21 bits per heavy atom. The maximum atomic E-state index is 15.1. The largest absolute Gasteiger partial charge is 0.492 e. The molecule has 3 heterocycles. The van der Waals surface area contributed by atoms with E-state index in [1.54, 1.807) is 37.1 Å². The van der Waals surface area contributed by atoms with E-state index in [1.165, 1.54) is 12.1 Å². The number of alkyl halides is 1. The van der Waals surface area contributed by atoms with Crippen LogP contribution in [0.25, 0.3) is 11.3 Å². The Morgan fingerprint density at radius 3 is 2.61 bits per heavy atom. The Bertz CT molecular complexity index is 1080. The minimum absolute atomic E-state index is 0.0377. The van der Waals surface area contributed by atoms with Gasteiger partial charge in [0.1, 0.15) is 17.2 Å². The fraction of sp³-hybridized carbons (Fsp3) is 0.586. The van der Waals surface area contributed by atoms with Crippen LogP contribution in [0.2, 0.25) is 0 Å². The second kappa shape index (κ2) is 12.1. The molecule has 0 bridgehead atoms. The molecule has 2 saturated heterocycles. The van der Waals surface area contributed by atoms with E-state index >= 15 is 4.39 Å². The first kappa shape index (κ1) is 28.4. The molecule has 7 nitrogen and oxygen atoms in total. The smallest absolute Gasteiger partial charge is 0.257 e. The molecule has 1 amide bonds. The van der Waals surface area contributed by atoms with Gasteiger partial charge in [-0.15, -0.1) is 0 Å². The van der Waals surface area contributed by atoms with Crippen LogP contribution in [0.5, 0.6) is 5.75 Å². The Balaban J connectivity index is 1.33. The Labute approximate surface area is 224 Å². The number of nitrogens with two attached hydrogens (primary N) is 1. The number of halogens is 2. The van der Waals surface area contributed by atoms with Crippen LogP contribution in [0.1, 0.15) is 56.8 Å². The minimum atomic E-state index is -1.18. The maximum absolute atomic E-state index is 15.1. The third-order valence-electron chi connectivity index (χ3n) is 7.55. The number of ether oxygens (including phenoxy) is 2. The van der Waals surface area contributed by atoms with Crippen molar-refractivity contribution in [3.63, 3.8) is 0 Å². The molecule has 4 rings (SSSR count). The number of carbonyl (C=O) groups is 1. The standard InChI is InChI=1S/C29H40F2N4O3/c1-28(2,31)18-34-13-9-21(10-14-34)17-38-23-6-8-26(33-16-23)22-5-7-24(25(30)15-22)27(36)35-12-4-11-29(35,3)19-37-20-32/h5-8,15-16,21H,4,9-14,17-20,32H2,1-3H3. The molecule has 1 aromatic carbocycles. The number of piperidine rings is 1. The van der Waals surface area contributed by atoms with E-state index in [1.807, 2.05) is 13.0 Å². The lowest BCUT2D eigenvalue weighted by Gasteiger charge is -2.35. The average molecular weight is 531 g/mol. The molecule has 2 fully saturated rings. The van der Waals surface area contributed by atoms with E-state index in [0.717, 1.165) is 38.8 Å². The van der Waals surface area contributed by atoms with Gasteiger partial charge < -0.3 is 25.0 Å². The molecule has 9 heteroatoms. The molecule has 0 aliphatic carbocycles. The Hall–Kier alpha value is -2.62. The van der Waals surface area contributed by atoms with Crippen LogP contribution in [-0.2, 0) is 4.74 Å². The number of amides is 1. The summed E-state index contributed by atoms with van der Waals surface area (Å²) < 4.78 is 40.3. The van der Waals surface area contributed by atoms with Crippen molar-refractivity contribution in [1.82, 2.24) is 14.8 Å². The summed E-state index contributed by atoms with van der Waals surface area (Å²) >= 11 is 0. The van der Waals surface area contributed by atoms with Gasteiger partial charge in [-0.2, -0.15) is 0 Å². The summed E-state index contributed by atoms with van der Waals surface area (Å²) in [7, 11) is 0. The van der Waals surface area contributed by atoms with Crippen molar-refractivity contribution >= 4 is 5.91 Å². The van der Waals surface area contributed by atoms with Gasteiger partial charge in [-0.05, 0) is 89.7 Å². The molecule has 2 aliphatic heterocycles. The molecule has 208 valence electrons. The SMILES string of the molecule is CC(C)(F)CN1CCC(COc2ccc(-c3ccc(C(=O)N4CCCC4(C)COCN)c(F)c3)nc2)CC1. The van der Waals surface area contributed by atoms with Crippen LogP contribution >= 0.6 is 0 Å². The van der Waals surface area contributed by atoms with Gasteiger partial charge in [-0.3, -0.25) is 9.78 Å². The number of pyridine rings is 1. The molecule has 0 saturated carbocycles. The second-order valence-corrected chi connectivity index (χ2v) is 11.4. The highest BCUT2D eigenvalue weighted by Gasteiger charge is 2.40. The fourth-order valence-corrected chi connectivity index (χ4v) is 5.49. The highest BCUT2D eigenvalue weighted by molar-refractivity contribution is 5.95.